The fourth-order valence-corrected chi connectivity index (χ4v) is 3.55. The van der Waals surface area contributed by atoms with Gasteiger partial charge in [-0.25, -0.2) is 18.7 Å². The SMILES string of the molecule is N#Cc1ccccc1-c1ccc(Cn2cc3nc(-c4cccc(F)c4F)nc-3cn2)cc1. The monoisotopic (exact) mass is 423 g/mol. The number of nitrogens with zero attached hydrogens (tertiary/aromatic N) is 5. The summed E-state index contributed by atoms with van der Waals surface area (Å²) in [5, 5.41) is 13.7. The number of halogens is 2. The Hall–Kier alpha value is -4.44. The molecule has 0 fully saturated rings. The number of hydrogen-bond acceptors (Lipinski definition) is 4. The maximum atomic E-state index is 14.1. The molecule has 7 heteroatoms. The van der Waals surface area contributed by atoms with Gasteiger partial charge < -0.3 is 0 Å². The van der Waals surface area contributed by atoms with E-state index in [-0.39, 0.29) is 11.4 Å². The van der Waals surface area contributed by atoms with Crippen LogP contribution in [0.25, 0.3) is 33.9 Å². The van der Waals surface area contributed by atoms with E-state index in [9.17, 15) is 14.0 Å². The van der Waals surface area contributed by atoms with Crippen molar-refractivity contribution < 1.29 is 8.78 Å². The summed E-state index contributed by atoms with van der Waals surface area (Å²) in [5.41, 5.74) is 4.54. The molecule has 154 valence electrons. The van der Waals surface area contributed by atoms with Crippen molar-refractivity contribution in [3.05, 3.63) is 102 Å². The predicted molar refractivity (Wildman–Crippen MR) is 115 cm³/mol. The molecular weight excluding hydrogens is 408 g/mol. The van der Waals surface area contributed by atoms with Gasteiger partial charge in [-0.15, -0.1) is 0 Å². The highest BCUT2D eigenvalue weighted by Gasteiger charge is 2.18. The topological polar surface area (TPSA) is 67.4 Å². The number of rotatable bonds is 4. The molecular formula is C25H15F2N5. The molecule has 0 amide bonds. The summed E-state index contributed by atoms with van der Waals surface area (Å²) in [4.78, 5) is 8.63. The van der Waals surface area contributed by atoms with Crippen LogP contribution in [0.2, 0.25) is 0 Å². The molecule has 0 aliphatic carbocycles. The van der Waals surface area contributed by atoms with E-state index in [0.29, 0.717) is 23.5 Å². The lowest BCUT2D eigenvalue weighted by molar-refractivity contribution is 0.510. The van der Waals surface area contributed by atoms with E-state index < -0.39 is 11.6 Å². The molecule has 32 heavy (non-hydrogen) atoms. The third-order valence-corrected chi connectivity index (χ3v) is 5.16. The van der Waals surface area contributed by atoms with Crippen LogP contribution in [0.3, 0.4) is 0 Å². The fraction of sp³-hybridized carbons (Fsp3) is 0.0400. The molecule has 0 atom stereocenters. The third-order valence-electron chi connectivity index (χ3n) is 5.16. The molecule has 5 nitrogen and oxygen atoms in total. The number of hydrogen-bond donors (Lipinski definition) is 0. The summed E-state index contributed by atoms with van der Waals surface area (Å²) in [6, 6.07) is 21.5. The molecule has 3 aromatic rings. The number of benzene rings is 3. The first-order valence-corrected chi connectivity index (χ1v) is 9.85. The number of nitriles is 1. The van der Waals surface area contributed by atoms with Gasteiger partial charge in [-0.05, 0) is 34.9 Å². The number of imidazole rings is 1. The average molecular weight is 423 g/mol. The molecule has 0 saturated heterocycles. The summed E-state index contributed by atoms with van der Waals surface area (Å²) in [7, 11) is 0. The molecule has 0 radical (unpaired) electrons. The van der Waals surface area contributed by atoms with Gasteiger partial charge in [0.2, 0.25) is 0 Å². The smallest absolute Gasteiger partial charge is 0.169 e. The summed E-state index contributed by atoms with van der Waals surface area (Å²) in [6.45, 7) is 0.493. The van der Waals surface area contributed by atoms with Crippen LogP contribution in [0.5, 0.6) is 0 Å². The second-order valence-electron chi connectivity index (χ2n) is 7.24. The van der Waals surface area contributed by atoms with E-state index in [1.165, 1.54) is 12.1 Å². The third kappa shape index (κ3) is 3.59. The Morgan fingerprint density at radius 3 is 2.41 bits per heavy atom. The van der Waals surface area contributed by atoms with Crippen LogP contribution in [0, 0.1) is 23.0 Å². The first-order chi connectivity index (χ1) is 15.6. The lowest BCUT2D eigenvalue weighted by atomic mass is 9.99. The lowest BCUT2D eigenvalue weighted by Crippen LogP contribution is -2.05. The van der Waals surface area contributed by atoms with Gasteiger partial charge in [0, 0.05) is 0 Å². The van der Waals surface area contributed by atoms with Crippen molar-refractivity contribution in [2.75, 3.05) is 0 Å². The average Bonchev–Trinajstić information content (AvgIpc) is 3.24. The van der Waals surface area contributed by atoms with Gasteiger partial charge in [-0.3, -0.25) is 4.68 Å². The van der Waals surface area contributed by atoms with Crippen LogP contribution in [0.4, 0.5) is 8.78 Å². The highest BCUT2D eigenvalue weighted by atomic mass is 19.2. The Morgan fingerprint density at radius 1 is 0.844 bits per heavy atom. The van der Waals surface area contributed by atoms with Crippen LogP contribution in [-0.4, -0.2) is 19.7 Å². The van der Waals surface area contributed by atoms with E-state index >= 15 is 0 Å². The summed E-state index contributed by atoms with van der Waals surface area (Å²) in [5.74, 6) is -1.79. The molecule has 5 rings (SSSR count). The van der Waals surface area contributed by atoms with Gasteiger partial charge in [-0.2, -0.15) is 10.4 Å². The minimum absolute atomic E-state index is 0.0148. The maximum Gasteiger partial charge on any atom is 0.169 e. The number of aromatic nitrogens is 4. The molecule has 0 spiro atoms. The van der Waals surface area contributed by atoms with Crippen molar-refractivity contribution in [2.24, 2.45) is 0 Å². The molecule has 2 aliphatic heterocycles. The molecule has 0 unspecified atom stereocenters. The Labute approximate surface area is 182 Å². The predicted octanol–water partition coefficient (Wildman–Crippen LogP) is 5.31. The van der Waals surface area contributed by atoms with Gasteiger partial charge in [0.05, 0.1) is 36.1 Å². The highest BCUT2D eigenvalue weighted by Crippen LogP contribution is 2.27. The fourth-order valence-electron chi connectivity index (χ4n) is 3.55. The first-order valence-electron chi connectivity index (χ1n) is 9.85. The van der Waals surface area contributed by atoms with Gasteiger partial charge >= 0.3 is 0 Å². The molecule has 0 bridgehead atoms. The largest absolute Gasteiger partial charge is 0.266 e. The van der Waals surface area contributed by atoms with Crippen LogP contribution in [-0.2, 0) is 6.54 Å². The van der Waals surface area contributed by atoms with Crippen molar-refractivity contribution in [1.29, 1.82) is 5.26 Å². The normalized spacial score (nSPS) is 10.9. The van der Waals surface area contributed by atoms with E-state index in [2.05, 4.69) is 21.1 Å². The van der Waals surface area contributed by atoms with E-state index in [0.717, 1.165) is 22.8 Å². The van der Waals surface area contributed by atoms with Crippen molar-refractivity contribution in [1.82, 2.24) is 19.7 Å². The Kier molecular flexibility index (Phi) is 4.88. The van der Waals surface area contributed by atoms with Crippen LogP contribution >= 0.6 is 0 Å². The van der Waals surface area contributed by atoms with Crippen molar-refractivity contribution >= 4 is 0 Å². The van der Waals surface area contributed by atoms with Crippen LogP contribution < -0.4 is 0 Å². The maximum absolute atomic E-state index is 14.1. The Morgan fingerprint density at radius 2 is 1.59 bits per heavy atom. The zero-order chi connectivity index (χ0) is 22.1. The molecule has 0 saturated carbocycles. The quantitative estimate of drug-likeness (QED) is 0.393. The molecule has 3 aromatic carbocycles. The lowest BCUT2D eigenvalue weighted by Gasteiger charge is -2.08. The van der Waals surface area contributed by atoms with Crippen molar-refractivity contribution in [3.63, 3.8) is 0 Å². The van der Waals surface area contributed by atoms with E-state index in [1.807, 2.05) is 42.5 Å². The minimum Gasteiger partial charge on any atom is -0.266 e. The van der Waals surface area contributed by atoms with Crippen molar-refractivity contribution in [2.45, 2.75) is 6.54 Å². The van der Waals surface area contributed by atoms with Gasteiger partial charge in [0.1, 0.15) is 11.4 Å². The van der Waals surface area contributed by atoms with E-state index in [4.69, 9.17) is 0 Å². The van der Waals surface area contributed by atoms with Gasteiger partial charge in [-0.1, -0.05) is 48.5 Å². The number of fused-ring (bicyclic) bond motifs is 1. The standard InChI is InChI=1S/C25H15F2N5/c26-21-7-3-6-20(24(21)27)25-30-22-13-29-32(15-23(22)31-25)14-16-8-10-17(11-9-16)19-5-2-1-4-18(19)12-28/h1-11,13,15H,14H2. The van der Waals surface area contributed by atoms with Crippen molar-refractivity contribution in [3.8, 4) is 40.0 Å². The van der Waals surface area contributed by atoms with Gasteiger partial charge in [0.15, 0.2) is 17.5 Å². The van der Waals surface area contributed by atoms with Gasteiger partial charge in [0.25, 0.3) is 0 Å². The summed E-state index contributed by atoms with van der Waals surface area (Å²) in [6.07, 6.45) is 3.28. The van der Waals surface area contributed by atoms with E-state index in [1.54, 1.807) is 23.1 Å². The minimum atomic E-state index is -0.971. The Bertz CT molecular complexity index is 1430. The molecule has 0 aromatic heterocycles. The summed E-state index contributed by atoms with van der Waals surface area (Å²) >= 11 is 0. The van der Waals surface area contributed by atoms with Crippen LogP contribution in [0.1, 0.15) is 11.1 Å². The molecule has 2 heterocycles. The highest BCUT2D eigenvalue weighted by molar-refractivity contribution is 5.70. The zero-order valence-corrected chi connectivity index (χ0v) is 16.7. The molecule has 0 N–H and O–H groups in total. The zero-order valence-electron chi connectivity index (χ0n) is 16.7. The Balaban J connectivity index is 1.41. The summed E-state index contributed by atoms with van der Waals surface area (Å²) < 4.78 is 29.3. The first kappa shape index (κ1) is 19.5. The second kappa shape index (κ2) is 8.00. The van der Waals surface area contributed by atoms with Crippen LogP contribution in [0.15, 0.2) is 79.1 Å². The molecule has 2 aliphatic rings. The second-order valence-corrected chi connectivity index (χ2v) is 7.24.